The zero-order chi connectivity index (χ0) is 16.8. The van der Waals surface area contributed by atoms with Gasteiger partial charge in [-0.15, -0.1) is 0 Å². The number of rotatable bonds is 7. The van der Waals surface area contributed by atoms with E-state index in [0.717, 1.165) is 17.1 Å². The molecule has 0 fully saturated rings. The van der Waals surface area contributed by atoms with E-state index in [1.807, 2.05) is 30.1 Å². The Morgan fingerprint density at radius 1 is 1.13 bits per heavy atom. The lowest BCUT2D eigenvalue weighted by atomic mass is 10.1. The van der Waals surface area contributed by atoms with E-state index in [1.54, 1.807) is 20.3 Å². The molecule has 1 aromatic carbocycles. The summed E-state index contributed by atoms with van der Waals surface area (Å²) in [5.74, 6) is 1.67. The van der Waals surface area contributed by atoms with Gasteiger partial charge in [0, 0.05) is 18.2 Å². The number of carbonyl (C=O) groups is 1. The molecule has 2 rings (SSSR count). The number of methoxy groups -OCH3 is 3. The van der Waals surface area contributed by atoms with Crippen LogP contribution in [0.2, 0.25) is 0 Å². The molecular formula is C17H21NO5. The third-order valence-electron chi connectivity index (χ3n) is 3.50. The molecule has 6 heteroatoms. The van der Waals surface area contributed by atoms with E-state index < -0.39 is 5.97 Å². The molecule has 0 aliphatic heterocycles. The van der Waals surface area contributed by atoms with Gasteiger partial charge in [-0.05, 0) is 19.2 Å². The minimum Gasteiger partial charge on any atom is -0.497 e. The van der Waals surface area contributed by atoms with Crippen LogP contribution in [0.4, 0.5) is 0 Å². The monoisotopic (exact) mass is 319 g/mol. The average molecular weight is 319 g/mol. The molecule has 124 valence electrons. The van der Waals surface area contributed by atoms with Gasteiger partial charge in [0.2, 0.25) is 0 Å². The quantitative estimate of drug-likeness (QED) is 0.731. The highest BCUT2D eigenvalue weighted by Gasteiger charge is 2.17. The SMILES string of the molecule is COC(=O)c1ccoc1CN(C)Cc1ccc(OC)cc1OC. The van der Waals surface area contributed by atoms with Crippen molar-refractivity contribution in [3.8, 4) is 11.5 Å². The summed E-state index contributed by atoms with van der Waals surface area (Å²) < 4.78 is 20.7. The van der Waals surface area contributed by atoms with E-state index in [-0.39, 0.29) is 0 Å². The average Bonchev–Trinajstić information content (AvgIpc) is 3.02. The number of furan rings is 1. The first-order chi connectivity index (χ1) is 11.1. The summed E-state index contributed by atoms with van der Waals surface area (Å²) in [5, 5.41) is 0. The lowest BCUT2D eigenvalue weighted by molar-refractivity contribution is 0.0596. The maximum Gasteiger partial charge on any atom is 0.341 e. The first-order valence-corrected chi connectivity index (χ1v) is 7.13. The van der Waals surface area contributed by atoms with Crippen molar-refractivity contribution >= 4 is 5.97 Å². The largest absolute Gasteiger partial charge is 0.497 e. The Morgan fingerprint density at radius 2 is 1.91 bits per heavy atom. The third-order valence-corrected chi connectivity index (χ3v) is 3.50. The second-order valence-corrected chi connectivity index (χ2v) is 5.10. The number of ether oxygens (including phenoxy) is 3. The number of nitrogens with zero attached hydrogens (tertiary/aromatic N) is 1. The molecule has 0 atom stereocenters. The van der Waals surface area contributed by atoms with E-state index in [2.05, 4.69) is 0 Å². The molecule has 1 heterocycles. The normalized spacial score (nSPS) is 10.7. The Morgan fingerprint density at radius 3 is 2.57 bits per heavy atom. The standard InChI is InChI=1S/C17H21NO5/c1-18(11-16-14(7-8-23-16)17(19)22-4)10-12-5-6-13(20-2)9-15(12)21-3/h5-9H,10-11H2,1-4H3. The molecule has 6 nitrogen and oxygen atoms in total. The zero-order valence-corrected chi connectivity index (χ0v) is 13.8. The Kier molecular flexibility index (Phi) is 5.65. The second-order valence-electron chi connectivity index (χ2n) is 5.10. The van der Waals surface area contributed by atoms with Crippen LogP contribution in [-0.2, 0) is 17.8 Å². The van der Waals surface area contributed by atoms with Crippen molar-refractivity contribution in [2.45, 2.75) is 13.1 Å². The molecule has 0 spiro atoms. The van der Waals surface area contributed by atoms with Crippen LogP contribution in [0.1, 0.15) is 21.7 Å². The van der Waals surface area contributed by atoms with Crippen molar-refractivity contribution in [2.24, 2.45) is 0 Å². The minimum atomic E-state index is -0.399. The number of carbonyl (C=O) groups excluding carboxylic acids is 1. The van der Waals surface area contributed by atoms with E-state index in [0.29, 0.717) is 24.4 Å². The smallest absolute Gasteiger partial charge is 0.341 e. The molecule has 2 aromatic rings. The van der Waals surface area contributed by atoms with E-state index >= 15 is 0 Å². The molecule has 0 aliphatic rings. The minimum absolute atomic E-state index is 0.399. The number of hydrogen-bond donors (Lipinski definition) is 0. The molecule has 0 saturated carbocycles. The lowest BCUT2D eigenvalue weighted by Gasteiger charge is -2.18. The first-order valence-electron chi connectivity index (χ1n) is 7.13. The lowest BCUT2D eigenvalue weighted by Crippen LogP contribution is -2.19. The maximum absolute atomic E-state index is 11.7. The fourth-order valence-corrected chi connectivity index (χ4v) is 2.33. The van der Waals surface area contributed by atoms with Gasteiger partial charge in [-0.3, -0.25) is 4.90 Å². The molecule has 0 unspecified atom stereocenters. The maximum atomic E-state index is 11.7. The molecule has 1 aromatic heterocycles. The van der Waals surface area contributed by atoms with Crippen LogP contribution in [0, 0.1) is 0 Å². The fraction of sp³-hybridized carbons (Fsp3) is 0.353. The second kappa shape index (κ2) is 7.69. The molecular weight excluding hydrogens is 298 g/mol. The topological polar surface area (TPSA) is 61.1 Å². The van der Waals surface area contributed by atoms with Crippen molar-refractivity contribution in [3.63, 3.8) is 0 Å². The highest BCUT2D eigenvalue weighted by Crippen LogP contribution is 2.26. The van der Waals surface area contributed by atoms with Gasteiger partial charge < -0.3 is 18.6 Å². The summed E-state index contributed by atoms with van der Waals surface area (Å²) >= 11 is 0. The van der Waals surface area contributed by atoms with Gasteiger partial charge in [0.1, 0.15) is 22.8 Å². The van der Waals surface area contributed by atoms with Gasteiger partial charge in [0.05, 0.1) is 34.1 Å². The molecule has 23 heavy (non-hydrogen) atoms. The molecule has 0 aliphatic carbocycles. The third kappa shape index (κ3) is 4.04. The van der Waals surface area contributed by atoms with Crippen molar-refractivity contribution in [1.82, 2.24) is 4.90 Å². The van der Waals surface area contributed by atoms with Crippen LogP contribution in [0.5, 0.6) is 11.5 Å². The van der Waals surface area contributed by atoms with Gasteiger partial charge in [-0.1, -0.05) is 6.07 Å². The highest BCUT2D eigenvalue weighted by molar-refractivity contribution is 5.90. The van der Waals surface area contributed by atoms with Gasteiger partial charge in [0.15, 0.2) is 0 Å². The molecule has 0 saturated heterocycles. The highest BCUT2D eigenvalue weighted by atomic mass is 16.5. The van der Waals surface area contributed by atoms with Crippen LogP contribution in [-0.4, -0.2) is 39.2 Å². The fourth-order valence-electron chi connectivity index (χ4n) is 2.33. The van der Waals surface area contributed by atoms with Crippen LogP contribution in [0.15, 0.2) is 34.9 Å². The predicted molar refractivity (Wildman–Crippen MR) is 84.8 cm³/mol. The Hall–Kier alpha value is -2.47. The van der Waals surface area contributed by atoms with E-state index in [9.17, 15) is 4.79 Å². The summed E-state index contributed by atoms with van der Waals surface area (Å²) in [6.07, 6.45) is 1.49. The molecule has 0 radical (unpaired) electrons. The van der Waals surface area contributed by atoms with Crippen molar-refractivity contribution < 1.29 is 23.4 Å². The Bertz CT molecular complexity index is 665. The van der Waals surface area contributed by atoms with E-state index in [1.165, 1.54) is 13.4 Å². The number of benzene rings is 1. The summed E-state index contributed by atoms with van der Waals surface area (Å²) in [6, 6.07) is 7.30. The zero-order valence-electron chi connectivity index (χ0n) is 13.8. The summed E-state index contributed by atoms with van der Waals surface area (Å²) in [4.78, 5) is 13.7. The predicted octanol–water partition coefficient (Wildman–Crippen LogP) is 2.72. The Labute approximate surface area is 135 Å². The van der Waals surface area contributed by atoms with Crippen molar-refractivity contribution in [1.29, 1.82) is 0 Å². The Balaban J connectivity index is 2.10. The summed E-state index contributed by atoms with van der Waals surface area (Å²) in [6.45, 7) is 1.11. The van der Waals surface area contributed by atoms with Crippen molar-refractivity contribution in [2.75, 3.05) is 28.4 Å². The van der Waals surface area contributed by atoms with Gasteiger partial charge in [-0.25, -0.2) is 4.79 Å². The van der Waals surface area contributed by atoms with Crippen molar-refractivity contribution in [3.05, 3.63) is 47.4 Å². The van der Waals surface area contributed by atoms with Crippen LogP contribution in [0.3, 0.4) is 0 Å². The summed E-state index contributed by atoms with van der Waals surface area (Å²) in [7, 11) is 6.53. The molecule has 0 N–H and O–H groups in total. The summed E-state index contributed by atoms with van der Waals surface area (Å²) in [5.41, 5.74) is 1.46. The first kappa shape index (κ1) is 16.9. The molecule has 0 amide bonds. The number of esters is 1. The van der Waals surface area contributed by atoms with Crippen LogP contribution < -0.4 is 9.47 Å². The number of hydrogen-bond acceptors (Lipinski definition) is 6. The van der Waals surface area contributed by atoms with Gasteiger partial charge in [0.25, 0.3) is 0 Å². The van der Waals surface area contributed by atoms with Crippen LogP contribution in [0.25, 0.3) is 0 Å². The van der Waals surface area contributed by atoms with E-state index in [4.69, 9.17) is 18.6 Å². The van der Waals surface area contributed by atoms with Gasteiger partial charge in [-0.2, -0.15) is 0 Å². The van der Waals surface area contributed by atoms with Gasteiger partial charge >= 0.3 is 5.97 Å². The molecule has 0 bridgehead atoms. The van der Waals surface area contributed by atoms with Crippen LogP contribution >= 0.6 is 0 Å².